The zero-order valence-corrected chi connectivity index (χ0v) is 25.2. The number of aryl methyl sites for hydroxylation is 1. The van der Waals surface area contributed by atoms with Gasteiger partial charge in [-0.15, -0.1) is 11.3 Å². The van der Waals surface area contributed by atoms with E-state index in [1.165, 1.54) is 43.1 Å². The molecule has 4 unspecified atom stereocenters. The number of halogens is 1. The first kappa shape index (κ1) is 28.0. The van der Waals surface area contributed by atoms with Gasteiger partial charge in [0.25, 0.3) is 5.91 Å². The minimum Gasteiger partial charge on any atom is -0.382 e. The number of likely N-dealkylation sites (tertiary alicyclic amines) is 1. The van der Waals surface area contributed by atoms with Gasteiger partial charge in [-0.3, -0.25) is 9.59 Å². The number of amides is 2. The van der Waals surface area contributed by atoms with Crippen molar-refractivity contribution in [2.24, 2.45) is 11.8 Å². The smallest absolute Gasteiger partial charge is 0.257 e. The van der Waals surface area contributed by atoms with Crippen molar-refractivity contribution in [1.82, 2.24) is 9.88 Å². The quantitative estimate of drug-likeness (QED) is 0.236. The van der Waals surface area contributed by atoms with Crippen molar-refractivity contribution in [3.05, 3.63) is 88.7 Å². The van der Waals surface area contributed by atoms with E-state index >= 15 is 4.39 Å². The summed E-state index contributed by atoms with van der Waals surface area (Å²) < 4.78 is 16.3. The number of carbonyl (C=O) groups excluding carboxylic acids is 2. The van der Waals surface area contributed by atoms with E-state index in [4.69, 9.17) is 0 Å². The lowest BCUT2D eigenvalue weighted by atomic mass is 9.76. The van der Waals surface area contributed by atoms with Crippen LogP contribution in [0.25, 0.3) is 10.2 Å². The van der Waals surface area contributed by atoms with E-state index in [0.717, 1.165) is 40.7 Å². The molecule has 3 aliphatic rings. The van der Waals surface area contributed by atoms with Crippen LogP contribution in [0.1, 0.15) is 78.9 Å². The fraction of sp³-hybridized carbons (Fsp3) is 0.400. The highest BCUT2D eigenvalue weighted by atomic mass is 32.1. The Morgan fingerprint density at radius 1 is 0.953 bits per heavy atom. The Bertz CT molecular complexity index is 1630. The Morgan fingerprint density at radius 3 is 2.53 bits per heavy atom. The van der Waals surface area contributed by atoms with E-state index in [-0.39, 0.29) is 29.3 Å². The number of piperidine rings is 1. The Hall–Kier alpha value is -3.78. The Morgan fingerprint density at radius 2 is 1.74 bits per heavy atom. The third-order valence-corrected chi connectivity index (χ3v) is 10.6. The average molecular weight is 597 g/mol. The summed E-state index contributed by atoms with van der Waals surface area (Å²) in [5.41, 5.74) is 6.08. The average Bonchev–Trinajstić information content (AvgIpc) is 3.78. The molecule has 3 fully saturated rings. The summed E-state index contributed by atoms with van der Waals surface area (Å²) in [5.74, 6) is -1.25. The summed E-state index contributed by atoms with van der Waals surface area (Å²) >= 11 is 1.53. The molecule has 222 valence electrons. The van der Waals surface area contributed by atoms with Crippen LogP contribution in [-0.2, 0) is 4.79 Å². The molecule has 8 heteroatoms. The molecule has 2 heterocycles. The van der Waals surface area contributed by atoms with Crippen molar-refractivity contribution in [1.29, 1.82) is 0 Å². The minimum absolute atomic E-state index is 0.0367. The number of hydrogen-bond acceptors (Lipinski definition) is 5. The Balaban J connectivity index is 1.27. The minimum atomic E-state index is -0.515. The van der Waals surface area contributed by atoms with Gasteiger partial charge in [-0.05, 0) is 92.5 Å². The van der Waals surface area contributed by atoms with Crippen molar-refractivity contribution < 1.29 is 14.0 Å². The molecule has 2 N–H and O–H groups in total. The van der Waals surface area contributed by atoms with Crippen molar-refractivity contribution in [2.75, 3.05) is 10.6 Å². The zero-order valence-electron chi connectivity index (χ0n) is 24.4. The van der Waals surface area contributed by atoms with Crippen LogP contribution in [0.15, 0.2) is 66.2 Å². The Labute approximate surface area is 255 Å². The maximum absolute atomic E-state index is 15.3. The molecule has 0 bridgehead atoms. The van der Waals surface area contributed by atoms with E-state index in [1.807, 2.05) is 23.1 Å². The molecule has 2 amide bonds. The second kappa shape index (κ2) is 11.7. The SMILES string of the molecule is Cc1cccc(F)c1C(=O)N1C2CCCC2CC(C(=O)Nc2ccc3ncsc3c2)C1c1ccc(NC2CCCC2)cc1. The summed E-state index contributed by atoms with van der Waals surface area (Å²) in [6, 6.07) is 18.7. The third-order valence-electron chi connectivity index (χ3n) is 9.80. The maximum atomic E-state index is 15.3. The summed E-state index contributed by atoms with van der Waals surface area (Å²) in [7, 11) is 0. The number of benzene rings is 3. The molecule has 0 spiro atoms. The first-order valence-corrected chi connectivity index (χ1v) is 16.4. The number of rotatable bonds is 6. The second-order valence-corrected chi connectivity index (χ2v) is 13.3. The van der Waals surface area contributed by atoms with Crippen molar-refractivity contribution >= 4 is 44.7 Å². The van der Waals surface area contributed by atoms with Crippen molar-refractivity contribution in [3.63, 3.8) is 0 Å². The topological polar surface area (TPSA) is 74.3 Å². The lowest BCUT2D eigenvalue weighted by Crippen LogP contribution is -2.54. The molecule has 3 aromatic carbocycles. The van der Waals surface area contributed by atoms with Crippen LogP contribution < -0.4 is 10.6 Å². The standard InChI is InChI=1S/C35H37FN4O2S/c1-21-6-4-10-28(36)32(21)35(42)40-30-11-5-7-23(30)18-27(34(41)39-26-16-17-29-31(19-26)43-20-37-29)33(40)22-12-14-25(15-13-22)38-24-8-2-3-9-24/h4,6,10,12-17,19-20,23-24,27,30,33,38H,2-3,5,7-9,11,18H2,1H3,(H,39,41). The van der Waals surface area contributed by atoms with Gasteiger partial charge >= 0.3 is 0 Å². The van der Waals surface area contributed by atoms with E-state index in [2.05, 4.69) is 39.9 Å². The van der Waals surface area contributed by atoms with Crippen LogP contribution in [-0.4, -0.2) is 33.8 Å². The van der Waals surface area contributed by atoms with Gasteiger partial charge in [0.15, 0.2) is 0 Å². The monoisotopic (exact) mass is 596 g/mol. The van der Waals surface area contributed by atoms with Gasteiger partial charge in [0.1, 0.15) is 5.82 Å². The Kier molecular flexibility index (Phi) is 7.63. The summed E-state index contributed by atoms with van der Waals surface area (Å²) in [6.45, 7) is 1.78. The van der Waals surface area contributed by atoms with Gasteiger partial charge in [0.2, 0.25) is 5.91 Å². The third kappa shape index (κ3) is 5.42. The van der Waals surface area contributed by atoms with E-state index in [9.17, 15) is 9.59 Å². The molecule has 0 radical (unpaired) electrons. The molecule has 1 aromatic heterocycles. The number of thiazole rings is 1. The van der Waals surface area contributed by atoms with Crippen LogP contribution >= 0.6 is 11.3 Å². The predicted octanol–water partition coefficient (Wildman–Crippen LogP) is 8.11. The van der Waals surface area contributed by atoms with Gasteiger partial charge in [-0.1, -0.05) is 43.5 Å². The van der Waals surface area contributed by atoms with Crippen LogP contribution in [0.4, 0.5) is 15.8 Å². The maximum Gasteiger partial charge on any atom is 0.257 e. The zero-order chi connectivity index (χ0) is 29.5. The number of hydrogen-bond donors (Lipinski definition) is 2. The number of carbonyl (C=O) groups is 2. The number of nitrogens with zero attached hydrogens (tertiary/aromatic N) is 2. The molecular formula is C35H37FN4O2S. The molecule has 1 saturated heterocycles. The highest BCUT2D eigenvalue weighted by Gasteiger charge is 2.50. The molecule has 4 aromatic rings. The highest BCUT2D eigenvalue weighted by molar-refractivity contribution is 7.16. The van der Waals surface area contributed by atoms with Crippen LogP contribution in [0.3, 0.4) is 0 Å². The molecular weight excluding hydrogens is 559 g/mol. The first-order valence-electron chi connectivity index (χ1n) is 15.5. The summed E-state index contributed by atoms with van der Waals surface area (Å²) in [5, 5.41) is 6.82. The van der Waals surface area contributed by atoms with Gasteiger partial charge in [0.05, 0.1) is 33.3 Å². The lowest BCUT2D eigenvalue weighted by molar-refractivity contribution is -0.125. The lowest BCUT2D eigenvalue weighted by Gasteiger charge is -2.48. The summed E-state index contributed by atoms with van der Waals surface area (Å²) in [4.78, 5) is 34.9. The van der Waals surface area contributed by atoms with E-state index in [1.54, 1.807) is 24.6 Å². The fourth-order valence-corrected chi connectivity index (χ4v) is 8.43. The van der Waals surface area contributed by atoms with Crippen LogP contribution in [0.5, 0.6) is 0 Å². The summed E-state index contributed by atoms with van der Waals surface area (Å²) in [6.07, 6.45) is 8.34. The number of fused-ring (bicyclic) bond motifs is 2. The molecule has 7 rings (SSSR count). The molecule has 43 heavy (non-hydrogen) atoms. The highest BCUT2D eigenvalue weighted by Crippen LogP contribution is 2.49. The molecule has 1 aliphatic heterocycles. The largest absolute Gasteiger partial charge is 0.382 e. The number of anilines is 2. The molecule has 2 saturated carbocycles. The second-order valence-electron chi connectivity index (χ2n) is 12.5. The van der Waals surface area contributed by atoms with Crippen LogP contribution in [0, 0.1) is 24.6 Å². The van der Waals surface area contributed by atoms with Gasteiger partial charge in [-0.25, -0.2) is 9.37 Å². The molecule has 4 atom stereocenters. The van der Waals surface area contributed by atoms with Gasteiger partial charge in [0, 0.05) is 23.5 Å². The molecule has 6 nitrogen and oxygen atoms in total. The predicted molar refractivity (Wildman–Crippen MR) is 170 cm³/mol. The van der Waals surface area contributed by atoms with Gasteiger partial charge in [-0.2, -0.15) is 0 Å². The number of aromatic nitrogens is 1. The van der Waals surface area contributed by atoms with Crippen LogP contribution in [0.2, 0.25) is 0 Å². The normalized spacial score (nSPS) is 23.8. The van der Waals surface area contributed by atoms with E-state index < -0.39 is 17.8 Å². The number of nitrogens with one attached hydrogen (secondary N) is 2. The van der Waals surface area contributed by atoms with Crippen molar-refractivity contribution in [2.45, 2.75) is 76.4 Å². The van der Waals surface area contributed by atoms with Gasteiger partial charge < -0.3 is 15.5 Å². The van der Waals surface area contributed by atoms with Crippen molar-refractivity contribution in [3.8, 4) is 0 Å². The fourth-order valence-electron chi connectivity index (χ4n) is 7.72. The van der Waals surface area contributed by atoms with E-state index in [0.29, 0.717) is 23.7 Å². The first-order chi connectivity index (χ1) is 21.0. The molecule has 2 aliphatic carbocycles.